The zero-order valence-electron chi connectivity index (χ0n) is 20.4. The van der Waals surface area contributed by atoms with Crippen LogP contribution in [0.3, 0.4) is 0 Å². The maximum Gasteiger partial charge on any atom is 0.338 e. The van der Waals surface area contributed by atoms with E-state index in [2.05, 4.69) is 10.6 Å². The van der Waals surface area contributed by atoms with E-state index in [1.54, 1.807) is 37.8 Å². The van der Waals surface area contributed by atoms with E-state index in [1.165, 1.54) is 6.07 Å². The maximum atomic E-state index is 13.2. The zero-order valence-corrected chi connectivity index (χ0v) is 20.4. The molecule has 0 radical (unpaired) electrons. The van der Waals surface area contributed by atoms with Crippen molar-refractivity contribution in [3.63, 3.8) is 0 Å². The van der Waals surface area contributed by atoms with Gasteiger partial charge < -0.3 is 20.6 Å². The van der Waals surface area contributed by atoms with Crippen LogP contribution in [0.2, 0.25) is 0 Å². The predicted molar refractivity (Wildman–Crippen MR) is 133 cm³/mol. The van der Waals surface area contributed by atoms with Crippen LogP contribution < -0.4 is 10.6 Å². The summed E-state index contributed by atoms with van der Waals surface area (Å²) < 4.78 is 0. The first-order valence-corrected chi connectivity index (χ1v) is 12.0. The molecule has 3 amide bonds. The van der Waals surface area contributed by atoms with Crippen LogP contribution in [0.15, 0.2) is 48.5 Å². The van der Waals surface area contributed by atoms with E-state index in [0.29, 0.717) is 31.4 Å². The Balaban J connectivity index is 1.66. The van der Waals surface area contributed by atoms with E-state index < -0.39 is 24.0 Å². The number of nitrogens with one attached hydrogen (secondary N) is 2. The summed E-state index contributed by atoms with van der Waals surface area (Å²) in [4.78, 5) is 52.4. The van der Waals surface area contributed by atoms with Crippen molar-refractivity contribution in [3.05, 3.63) is 65.2 Å². The van der Waals surface area contributed by atoms with Crippen molar-refractivity contribution in [1.29, 1.82) is 0 Å². The minimum Gasteiger partial charge on any atom is -0.478 e. The third-order valence-electron chi connectivity index (χ3n) is 6.34. The van der Waals surface area contributed by atoms with Crippen LogP contribution in [0.5, 0.6) is 0 Å². The standard InChI is InChI=1S/C27H33N3O5/c1-17(2)24(26(33)28-20-12-7-9-18(3)23(20)27(34)35)29-25(32)21-13-8-16-30(21)22(31)15-14-19-10-5-4-6-11-19/h4-7,9-12,17,21,24H,8,13-16H2,1-3H3,(H,28,33)(H,29,32)(H,34,35)/t21-,24-/m0/s1. The second-order valence-corrected chi connectivity index (χ2v) is 9.25. The van der Waals surface area contributed by atoms with Gasteiger partial charge in [-0.15, -0.1) is 0 Å². The molecule has 0 aliphatic carbocycles. The molecule has 35 heavy (non-hydrogen) atoms. The van der Waals surface area contributed by atoms with E-state index >= 15 is 0 Å². The highest BCUT2D eigenvalue weighted by molar-refractivity contribution is 6.04. The molecule has 3 N–H and O–H groups in total. The van der Waals surface area contributed by atoms with Crippen LogP contribution >= 0.6 is 0 Å². The summed E-state index contributed by atoms with van der Waals surface area (Å²) in [5, 5.41) is 15.0. The molecule has 3 rings (SSSR count). The Hall–Kier alpha value is -3.68. The number of hydrogen-bond donors (Lipinski definition) is 3. The average Bonchev–Trinajstić information content (AvgIpc) is 3.31. The Bertz CT molecular complexity index is 1080. The first-order valence-electron chi connectivity index (χ1n) is 12.0. The molecular weight excluding hydrogens is 446 g/mol. The van der Waals surface area contributed by atoms with Crippen molar-refractivity contribution in [2.45, 2.75) is 58.5 Å². The maximum absolute atomic E-state index is 13.2. The number of likely N-dealkylation sites (tertiary alicyclic amines) is 1. The van der Waals surface area contributed by atoms with Gasteiger partial charge in [0.15, 0.2) is 0 Å². The van der Waals surface area contributed by atoms with E-state index in [9.17, 15) is 24.3 Å². The van der Waals surface area contributed by atoms with Crippen LogP contribution in [-0.4, -0.2) is 52.3 Å². The van der Waals surface area contributed by atoms with Gasteiger partial charge in [0, 0.05) is 13.0 Å². The lowest BCUT2D eigenvalue weighted by molar-refractivity contribution is -0.139. The topological polar surface area (TPSA) is 116 Å². The molecule has 1 aliphatic rings. The number of rotatable bonds is 9. The van der Waals surface area contributed by atoms with Crippen molar-refractivity contribution < 1.29 is 24.3 Å². The zero-order chi connectivity index (χ0) is 25.5. The largest absolute Gasteiger partial charge is 0.478 e. The fourth-order valence-electron chi connectivity index (χ4n) is 4.43. The SMILES string of the molecule is Cc1cccc(NC(=O)[C@@H](NC(=O)[C@@H]2CCCN2C(=O)CCc2ccccc2)C(C)C)c1C(=O)O. The van der Waals surface area contributed by atoms with Gasteiger partial charge in [-0.25, -0.2) is 4.79 Å². The summed E-state index contributed by atoms with van der Waals surface area (Å²) in [5.41, 5.74) is 1.78. The molecule has 2 aromatic carbocycles. The summed E-state index contributed by atoms with van der Waals surface area (Å²) in [6.07, 6.45) is 2.17. The summed E-state index contributed by atoms with van der Waals surface area (Å²) in [7, 11) is 0. The number of aromatic carboxylic acids is 1. The number of nitrogens with zero attached hydrogens (tertiary/aromatic N) is 1. The fraction of sp³-hybridized carbons (Fsp3) is 0.407. The van der Waals surface area contributed by atoms with Gasteiger partial charge in [0.1, 0.15) is 12.1 Å². The van der Waals surface area contributed by atoms with Crippen LogP contribution in [-0.2, 0) is 20.8 Å². The molecule has 1 fully saturated rings. The Morgan fingerprint density at radius 2 is 1.77 bits per heavy atom. The summed E-state index contributed by atoms with van der Waals surface area (Å²) in [5.74, 6) is -2.34. The lowest BCUT2D eigenvalue weighted by Gasteiger charge is -2.28. The molecule has 2 aromatic rings. The monoisotopic (exact) mass is 479 g/mol. The predicted octanol–water partition coefficient (Wildman–Crippen LogP) is 3.40. The van der Waals surface area contributed by atoms with E-state index in [0.717, 1.165) is 12.0 Å². The minimum atomic E-state index is -1.14. The number of anilines is 1. The molecule has 186 valence electrons. The third kappa shape index (κ3) is 6.47. The molecule has 1 aliphatic heterocycles. The summed E-state index contributed by atoms with van der Waals surface area (Å²) >= 11 is 0. The second kappa shape index (κ2) is 11.6. The van der Waals surface area contributed by atoms with Gasteiger partial charge >= 0.3 is 5.97 Å². The van der Waals surface area contributed by atoms with Crippen molar-refractivity contribution in [3.8, 4) is 0 Å². The number of carbonyl (C=O) groups is 4. The number of aryl methyl sites for hydroxylation is 2. The highest BCUT2D eigenvalue weighted by atomic mass is 16.4. The number of carboxylic acid groups (broad SMARTS) is 1. The molecule has 8 heteroatoms. The number of benzene rings is 2. The van der Waals surface area contributed by atoms with Gasteiger partial charge in [-0.1, -0.05) is 56.3 Å². The Labute approximate surface area is 205 Å². The first-order chi connectivity index (χ1) is 16.7. The molecule has 0 aromatic heterocycles. The summed E-state index contributed by atoms with van der Waals surface area (Å²) in [6, 6.07) is 13.1. The Kier molecular flexibility index (Phi) is 8.63. The van der Waals surface area contributed by atoms with Crippen LogP contribution in [0.25, 0.3) is 0 Å². The van der Waals surface area contributed by atoms with Crippen molar-refractivity contribution in [1.82, 2.24) is 10.2 Å². The van der Waals surface area contributed by atoms with Gasteiger partial charge in [0.2, 0.25) is 17.7 Å². The smallest absolute Gasteiger partial charge is 0.338 e. The van der Waals surface area contributed by atoms with Crippen LogP contribution in [0, 0.1) is 12.8 Å². The molecule has 1 heterocycles. The van der Waals surface area contributed by atoms with E-state index in [-0.39, 0.29) is 29.0 Å². The lowest BCUT2D eigenvalue weighted by atomic mass is 10.0. The molecule has 0 saturated carbocycles. The normalized spacial score (nSPS) is 16.1. The average molecular weight is 480 g/mol. The van der Waals surface area contributed by atoms with Gasteiger partial charge in [-0.05, 0) is 49.3 Å². The van der Waals surface area contributed by atoms with Crippen molar-refractivity contribution in [2.75, 3.05) is 11.9 Å². The lowest BCUT2D eigenvalue weighted by Crippen LogP contribution is -2.53. The second-order valence-electron chi connectivity index (χ2n) is 9.25. The van der Waals surface area contributed by atoms with E-state index in [4.69, 9.17) is 0 Å². The van der Waals surface area contributed by atoms with Gasteiger partial charge in [0.25, 0.3) is 0 Å². The minimum absolute atomic E-state index is 0.0145. The van der Waals surface area contributed by atoms with Crippen molar-refractivity contribution >= 4 is 29.4 Å². The highest BCUT2D eigenvalue weighted by Gasteiger charge is 2.36. The summed E-state index contributed by atoms with van der Waals surface area (Å²) in [6.45, 7) is 5.77. The molecule has 0 unspecified atom stereocenters. The van der Waals surface area contributed by atoms with E-state index in [1.807, 2.05) is 30.3 Å². The molecule has 0 bridgehead atoms. The first kappa shape index (κ1) is 25.9. The fourth-order valence-corrected chi connectivity index (χ4v) is 4.43. The molecule has 1 saturated heterocycles. The van der Waals surface area contributed by atoms with Crippen LogP contribution in [0.1, 0.15) is 54.6 Å². The van der Waals surface area contributed by atoms with Crippen molar-refractivity contribution in [2.24, 2.45) is 5.92 Å². The molecule has 0 spiro atoms. The Morgan fingerprint density at radius 3 is 2.43 bits per heavy atom. The molecule has 8 nitrogen and oxygen atoms in total. The molecular formula is C27H33N3O5. The Morgan fingerprint density at radius 1 is 1.06 bits per heavy atom. The number of hydrogen-bond acceptors (Lipinski definition) is 4. The van der Waals surface area contributed by atoms with Gasteiger partial charge in [-0.2, -0.15) is 0 Å². The highest BCUT2D eigenvalue weighted by Crippen LogP contribution is 2.22. The van der Waals surface area contributed by atoms with Gasteiger partial charge in [-0.3, -0.25) is 14.4 Å². The number of carboxylic acids is 1. The quantitative estimate of drug-likeness (QED) is 0.510. The van der Waals surface area contributed by atoms with Crippen LogP contribution in [0.4, 0.5) is 5.69 Å². The number of carbonyl (C=O) groups excluding carboxylic acids is 3. The third-order valence-corrected chi connectivity index (χ3v) is 6.34. The molecule has 2 atom stereocenters. The van der Waals surface area contributed by atoms with Gasteiger partial charge in [0.05, 0.1) is 11.3 Å². The number of amides is 3.